The van der Waals surface area contributed by atoms with Gasteiger partial charge in [-0.25, -0.2) is 0 Å². The summed E-state index contributed by atoms with van der Waals surface area (Å²) in [5.74, 6) is 0.0297. The van der Waals surface area contributed by atoms with E-state index in [-0.39, 0.29) is 5.92 Å². The summed E-state index contributed by atoms with van der Waals surface area (Å²) in [7, 11) is 6.92. The molecule has 0 aliphatic rings. The second kappa shape index (κ2) is 16.0. The van der Waals surface area contributed by atoms with Crippen molar-refractivity contribution in [2.24, 2.45) is 0 Å². The van der Waals surface area contributed by atoms with Crippen LogP contribution in [-0.4, -0.2) is 86.0 Å². The predicted molar refractivity (Wildman–Crippen MR) is 150 cm³/mol. The Balaban J connectivity index is 1.89. The van der Waals surface area contributed by atoms with Gasteiger partial charge in [0.15, 0.2) is 0 Å². The number of aromatic nitrogens is 1. The summed E-state index contributed by atoms with van der Waals surface area (Å²) >= 11 is 0. The van der Waals surface area contributed by atoms with Crippen LogP contribution < -0.4 is 9.80 Å². The third kappa shape index (κ3) is 8.54. The van der Waals surface area contributed by atoms with Crippen molar-refractivity contribution in [2.45, 2.75) is 5.92 Å². The zero-order valence-corrected chi connectivity index (χ0v) is 22.6. The zero-order chi connectivity index (χ0) is 26.3. The molecule has 1 heterocycles. The first-order chi connectivity index (χ1) is 18.2. The van der Waals surface area contributed by atoms with Crippen molar-refractivity contribution in [3.8, 4) is 0 Å². The lowest BCUT2D eigenvalue weighted by molar-refractivity contribution is 0.190. The average Bonchev–Trinajstić information content (AvgIpc) is 2.95. The lowest BCUT2D eigenvalue weighted by Gasteiger charge is -2.26. The molecule has 200 valence electrons. The lowest BCUT2D eigenvalue weighted by Crippen LogP contribution is -2.30. The molecule has 0 bridgehead atoms. The van der Waals surface area contributed by atoms with Crippen molar-refractivity contribution >= 4 is 11.4 Å². The first-order valence-corrected chi connectivity index (χ1v) is 12.8. The van der Waals surface area contributed by atoms with E-state index in [0.717, 1.165) is 43.2 Å². The summed E-state index contributed by atoms with van der Waals surface area (Å²) in [6.07, 6.45) is 1.86. The number of methoxy groups -OCH3 is 4. The van der Waals surface area contributed by atoms with Gasteiger partial charge in [0.25, 0.3) is 0 Å². The average molecular weight is 508 g/mol. The van der Waals surface area contributed by atoms with E-state index in [2.05, 4.69) is 64.4 Å². The molecule has 0 fully saturated rings. The number of hydrogen-bond donors (Lipinski definition) is 0. The van der Waals surface area contributed by atoms with E-state index in [1.54, 1.807) is 28.4 Å². The second-order valence-corrected chi connectivity index (χ2v) is 8.82. The van der Waals surface area contributed by atoms with Crippen LogP contribution in [0, 0.1) is 0 Å². The minimum atomic E-state index is 0.0297. The Morgan fingerprint density at radius 2 is 0.973 bits per heavy atom. The molecule has 7 heteroatoms. The summed E-state index contributed by atoms with van der Waals surface area (Å²) in [4.78, 5) is 9.30. The van der Waals surface area contributed by atoms with Gasteiger partial charge in [0.05, 0.1) is 38.0 Å². The van der Waals surface area contributed by atoms with E-state index in [1.807, 2.05) is 18.3 Å². The quantitative estimate of drug-likeness (QED) is 0.267. The van der Waals surface area contributed by atoms with Crippen LogP contribution in [0.15, 0.2) is 72.9 Å². The van der Waals surface area contributed by atoms with Crippen LogP contribution in [0.4, 0.5) is 11.4 Å². The third-order valence-corrected chi connectivity index (χ3v) is 6.43. The van der Waals surface area contributed by atoms with Crippen LogP contribution in [-0.2, 0) is 18.9 Å². The molecule has 0 atom stereocenters. The molecule has 0 N–H and O–H groups in total. The highest BCUT2D eigenvalue weighted by Crippen LogP contribution is 2.33. The second-order valence-electron chi connectivity index (χ2n) is 8.82. The summed E-state index contributed by atoms with van der Waals surface area (Å²) in [6.45, 7) is 5.92. The monoisotopic (exact) mass is 507 g/mol. The zero-order valence-electron chi connectivity index (χ0n) is 22.6. The van der Waals surface area contributed by atoms with Crippen LogP contribution in [0.25, 0.3) is 0 Å². The van der Waals surface area contributed by atoms with Crippen molar-refractivity contribution in [1.29, 1.82) is 0 Å². The van der Waals surface area contributed by atoms with Gasteiger partial charge >= 0.3 is 0 Å². The molecule has 0 unspecified atom stereocenters. The van der Waals surface area contributed by atoms with Crippen LogP contribution >= 0.6 is 0 Å². The van der Waals surface area contributed by atoms with Crippen LogP contribution in [0.2, 0.25) is 0 Å². The highest BCUT2D eigenvalue weighted by molar-refractivity contribution is 5.53. The van der Waals surface area contributed by atoms with Crippen molar-refractivity contribution < 1.29 is 18.9 Å². The van der Waals surface area contributed by atoms with Gasteiger partial charge in [-0.1, -0.05) is 30.3 Å². The molecule has 0 aliphatic carbocycles. The smallest absolute Gasteiger partial charge is 0.0637 e. The number of benzene rings is 2. The molecule has 0 aliphatic heterocycles. The highest BCUT2D eigenvalue weighted by atomic mass is 16.5. The van der Waals surface area contributed by atoms with Crippen molar-refractivity contribution in [3.63, 3.8) is 0 Å². The van der Waals surface area contributed by atoms with Gasteiger partial charge in [0, 0.05) is 72.2 Å². The molecule has 0 spiro atoms. The maximum atomic E-state index is 5.31. The van der Waals surface area contributed by atoms with Gasteiger partial charge < -0.3 is 28.7 Å². The summed E-state index contributed by atoms with van der Waals surface area (Å²) in [5, 5.41) is 0. The molecular formula is C30H41N3O4. The van der Waals surface area contributed by atoms with Gasteiger partial charge in [-0.3, -0.25) is 4.98 Å². The summed E-state index contributed by atoms with van der Waals surface area (Å²) in [5.41, 5.74) is 5.72. The van der Waals surface area contributed by atoms with E-state index >= 15 is 0 Å². The van der Waals surface area contributed by atoms with E-state index in [9.17, 15) is 0 Å². The van der Waals surface area contributed by atoms with E-state index < -0.39 is 0 Å². The number of rotatable bonds is 17. The van der Waals surface area contributed by atoms with Gasteiger partial charge in [0.1, 0.15) is 0 Å². The molecule has 3 aromatic rings. The number of ether oxygens (including phenoxy) is 4. The Morgan fingerprint density at radius 1 is 0.568 bits per heavy atom. The molecule has 0 saturated heterocycles. The van der Waals surface area contributed by atoms with Crippen molar-refractivity contribution in [1.82, 2.24) is 4.98 Å². The lowest BCUT2D eigenvalue weighted by atomic mass is 9.88. The first-order valence-electron chi connectivity index (χ1n) is 12.8. The normalized spacial score (nSPS) is 11.2. The maximum Gasteiger partial charge on any atom is 0.0637 e. The van der Waals surface area contributed by atoms with E-state index in [4.69, 9.17) is 23.9 Å². The molecule has 0 saturated carbocycles. The predicted octanol–water partition coefficient (Wildman–Crippen LogP) is 4.46. The molecule has 2 aromatic carbocycles. The van der Waals surface area contributed by atoms with Crippen LogP contribution in [0.5, 0.6) is 0 Å². The molecule has 0 radical (unpaired) electrons. The topological polar surface area (TPSA) is 56.3 Å². The van der Waals surface area contributed by atoms with E-state index in [1.165, 1.54) is 11.1 Å². The SMILES string of the molecule is COCCN(CCOC)c1ccc(C(c2ccc(N(CCOC)CCOC)cc2)c2ccccn2)cc1. The number of nitrogens with zero attached hydrogens (tertiary/aromatic N) is 3. The number of anilines is 2. The number of hydrogen-bond acceptors (Lipinski definition) is 7. The fourth-order valence-corrected chi connectivity index (χ4v) is 4.38. The Kier molecular flexibility index (Phi) is 12.4. The Morgan fingerprint density at radius 3 is 1.30 bits per heavy atom. The summed E-state index contributed by atoms with van der Waals surface area (Å²) in [6, 6.07) is 23.7. The van der Waals surface area contributed by atoms with Gasteiger partial charge in [-0.2, -0.15) is 0 Å². The van der Waals surface area contributed by atoms with Crippen LogP contribution in [0.3, 0.4) is 0 Å². The molecule has 1 aromatic heterocycles. The molecule has 7 nitrogen and oxygen atoms in total. The first kappa shape index (κ1) is 28.6. The maximum absolute atomic E-state index is 5.31. The Hall–Kier alpha value is -2.97. The van der Waals surface area contributed by atoms with Crippen molar-refractivity contribution in [2.75, 3.05) is 90.8 Å². The molecular weight excluding hydrogens is 466 g/mol. The molecule has 37 heavy (non-hydrogen) atoms. The van der Waals surface area contributed by atoms with Gasteiger partial charge in [0.2, 0.25) is 0 Å². The summed E-state index contributed by atoms with van der Waals surface area (Å²) < 4.78 is 21.3. The third-order valence-electron chi connectivity index (χ3n) is 6.43. The van der Waals surface area contributed by atoms with E-state index in [0.29, 0.717) is 26.4 Å². The fraction of sp³-hybridized carbons (Fsp3) is 0.433. The Bertz CT molecular complexity index is 920. The fourth-order valence-electron chi connectivity index (χ4n) is 4.38. The Labute approximate surface area is 221 Å². The minimum Gasteiger partial charge on any atom is -0.383 e. The largest absolute Gasteiger partial charge is 0.383 e. The van der Waals surface area contributed by atoms with Crippen LogP contribution in [0.1, 0.15) is 22.7 Å². The van der Waals surface area contributed by atoms with Crippen molar-refractivity contribution in [3.05, 3.63) is 89.7 Å². The standard InChI is InChI=1S/C30H41N3O4/c1-34-21-17-32(18-22-35-2)27-12-8-25(9-13-27)30(29-7-5-6-16-31-29)26-10-14-28(15-11-26)33(19-23-36-3)20-24-37-4/h5-16,30H,17-24H2,1-4H3. The molecule has 3 rings (SSSR count). The molecule has 0 amide bonds. The minimum absolute atomic E-state index is 0.0297. The van der Waals surface area contributed by atoms with Gasteiger partial charge in [-0.15, -0.1) is 0 Å². The highest BCUT2D eigenvalue weighted by Gasteiger charge is 2.19. The number of pyridine rings is 1. The van der Waals surface area contributed by atoms with Gasteiger partial charge in [-0.05, 0) is 47.5 Å².